The molecule has 4 aliphatic carbocycles. The van der Waals surface area contributed by atoms with Crippen LogP contribution in [0.15, 0.2) is 22.9 Å². The van der Waals surface area contributed by atoms with Crippen molar-refractivity contribution in [3.63, 3.8) is 0 Å². The highest BCUT2D eigenvalue weighted by Gasteiger charge is 2.56. The van der Waals surface area contributed by atoms with E-state index < -0.39 is 0 Å². The molecule has 7 rings (SSSR count). The number of hydrogen-bond donors (Lipinski definition) is 1. The Morgan fingerprint density at radius 3 is 2.50 bits per heavy atom. The molecular formula is C23H27N3O2S2. The zero-order chi connectivity index (χ0) is 20.3. The Hall–Kier alpha value is -1.73. The molecule has 1 N–H and O–H groups in total. The maximum absolute atomic E-state index is 13.8. The maximum Gasteiger partial charge on any atom is 0.248 e. The zero-order valence-corrected chi connectivity index (χ0v) is 18.6. The first-order valence-electron chi connectivity index (χ1n) is 11.2. The van der Waals surface area contributed by atoms with E-state index in [1.54, 1.807) is 11.3 Å². The summed E-state index contributed by atoms with van der Waals surface area (Å²) in [6.45, 7) is 0.719. The SMILES string of the molecule is O=C(Nc1nc(-c2cccs2)cs1)[C@@H]1CCCN1C(=O)C12CC3CC(CC(C3)C1)C2. The van der Waals surface area contributed by atoms with E-state index in [1.165, 1.54) is 30.6 Å². The molecular weight excluding hydrogens is 414 g/mol. The Balaban J connectivity index is 1.18. The number of nitrogens with one attached hydrogen (secondary N) is 1. The van der Waals surface area contributed by atoms with Crippen molar-refractivity contribution in [2.75, 3.05) is 11.9 Å². The van der Waals surface area contributed by atoms with Gasteiger partial charge < -0.3 is 10.2 Å². The van der Waals surface area contributed by atoms with E-state index in [4.69, 9.17) is 0 Å². The van der Waals surface area contributed by atoms with Crippen LogP contribution in [0.4, 0.5) is 5.13 Å². The zero-order valence-electron chi connectivity index (χ0n) is 17.0. The van der Waals surface area contributed by atoms with E-state index in [-0.39, 0.29) is 23.3 Å². The van der Waals surface area contributed by atoms with Gasteiger partial charge in [0.25, 0.3) is 0 Å². The van der Waals surface area contributed by atoms with Gasteiger partial charge >= 0.3 is 0 Å². The quantitative estimate of drug-likeness (QED) is 0.725. The van der Waals surface area contributed by atoms with Gasteiger partial charge in [-0.25, -0.2) is 4.98 Å². The molecule has 2 amide bonds. The van der Waals surface area contributed by atoms with Crippen molar-refractivity contribution in [1.29, 1.82) is 0 Å². The van der Waals surface area contributed by atoms with Crippen molar-refractivity contribution < 1.29 is 9.59 Å². The van der Waals surface area contributed by atoms with Gasteiger partial charge in [-0.05, 0) is 80.6 Å². The largest absolute Gasteiger partial charge is 0.330 e. The monoisotopic (exact) mass is 441 g/mol. The normalized spacial score (nSPS) is 34.5. The van der Waals surface area contributed by atoms with Gasteiger partial charge in [-0.1, -0.05) is 6.07 Å². The third-order valence-electron chi connectivity index (χ3n) is 7.82. The third kappa shape index (κ3) is 3.12. The second kappa shape index (κ2) is 7.16. The first kappa shape index (κ1) is 19.0. The third-order valence-corrected chi connectivity index (χ3v) is 9.47. The summed E-state index contributed by atoms with van der Waals surface area (Å²) in [7, 11) is 0. The van der Waals surface area contributed by atoms with E-state index >= 15 is 0 Å². The van der Waals surface area contributed by atoms with Gasteiger partial charge in [0, 0.05) is 11.9 Å². The molecule has 5 aliphatic rings. The number of carbonyl (C=O) groups is 2. The van der Waals surface area contributed by atoms with Crippen molar-refractivity contribution in [3.05, 3.63) is 22.9 Å². The smallest absolute Gasteiger partial charge is 0.248 e. The number of carbonyl (C=O) groups excluding carboxylic acids is 2. The standard InChI is InChI=1S/C23H27N3O2S2/c27-20(25-22-24-17(13-30-22)19-4-2-6-29-19)18-3-1-5-26(18)21(28)23-10-14-7-15(11-23)9-16(8-14)12-23/h2,4,6,13-16,18H,1,3,5,7-12H2,(H,24,25,27)/t14?,15?,16?,18-,23?/m0/s1. The van der Waals surface area contributed by atoms with Crippen LogP contribution in [0.1, 0.15) is 51.4 Å². The van der Waals surface area contributed by atoms with Crippen molar-refractivity contribution in [3.8, 4) is 10.6 Å². The van der Waals surface area contributed by atoms with Crippen LogP contribution in [-0.4, -0.2) is 34.3 Å². The van der Waals surface area contributed by atoms with Crippen LogP contribution >= 0.6 is 22.7 Å². The highest BCUT2D eigenvalue weighted by molar-refractivity contribution is 7.16. The summed E-state index contributed by atoms with van der Waals surface area (Å²) in [6.07, 6.45) is 8.81. The van der Waals surface area contributed by atoms with Gasteiger partial charge in [-0.3, -0.25) is 9.59 Å². The highest BCUT2D eigenvalue weighted by Crippen LogP contribution is 2.60. The Bertz CT molecular complexity index is 932. The Morgan fingerprint density at radius 2 is 1.83 bits per heavy atom. The molecule has 158 valence electrons. The molecule has 1 atom stereocenters. The van der Waals surface area contributed by atoms with E-state index in [0.29, 0.717) is 5.13 Å². The molecule has 5 nitrogen and oxygen atoms in total. The van der Waals surface area contributed by atoms with E-state index in [2.05, 4.69) is 10.3 Å². The van der Waals surface area contributed by atoms with Crippen LogP contribution in [-0.2, 0) is 9.59 Å². The molecule has 0 radical (unpaired) electrons. The minimum atomic E-state index is -0.348. The van der Waals surface area contributed by atoms with Crippen LogP contribution in [0.2, 0.25) is 0 Å². The fraction of sp³-hybridized carbons (Fsp3) is 0.609. The van der Waals surface area contributed by atoms with Crippen molar-refractivity contribution in [2.45, 2.75) is 57.4 Å². The molecule has 4 bridgehead atoms. The number of nitrogens with zero attached hydrogens (tertiary/aromatic N) is 2. The Labute approximate surface area is 184 Å². The molecule has 2 aromatic heterocycles. The van der Waals surface area contributed by atoms with Gasteiger partial charge in [-0.2, -0.15) is 0 Å². The van der Waals surface area contributed by atoms with Gasteiger partial charge in [0.15, 0.2) is 5.13 Å². The second-order valence-electron chi connectivity index (χ2n) is 9.86. The summed E-state index contributed by atoms with van der Waals surface area (Å²) < 4.78 is 0. The minimum Gasteiger partial charge on any atom is -0.330 e. The summed E-state index contributed by atoms with van der Waals surface area (Å²) in [5.41, 5.74) is 0.726. The van der Waals surface area contributed by atoms with Gasteiger partial charge in [0.05, 0.1) is 16.0 Å². The van der Waals surface area contributed by atoms with Crippen LogP contribution in [0, 0.1) is 23.2 Å². The molecule has 4 saturated carbocycles. The van der Waals surface area contributed by atoms with Gasteiger partial charge in [-0.15, -0.1) is 22.7 Å². The molecule has 1 saturated heterocycles. The molecule has 0 aromatic carbocycles. The average Bonchev–Trinajstić information content (AvgIpc) is 3.47. The molecule has 5 fully saturated rings. The topological polar surface area (TPSA) is 62.3 Å². The van der Waals surface area contributed by atoms with Crippen LogP contribution < -0.4 is 5.32 Å². The highest BCUT2D eigenvalue weighted by atomic mass is 32.1. The lowest BCUT2D eigenvalue weighted by molar-refractivity contribution is -0.160. The summed E-state index contributed by atoms with van der Waals surface area (Å²) in [5.74, 6) is 2.42. The van der Waals surface area contributed by atoms with Gasteiger partial charge in [0.1, 0.15) is 6.04 Å². The van der Waals surface area contributed by atoms with Gasteiger partial charge in [0.2, 0.25) is 11.8 Å². The van der Waals surface area contributed by atoms with Crippen molar-refractivity contribution in [2.24, 2.45) is 23.2 Å². The Kier molecular flexibility index (Phi) is 4.53. The van der Waals surface area contributed by atoms with E-state index in [9.17, 15) is 9.59 Å². The number of likely N-dealkylation sites (tertiary alicyclic amines) is 1. The second-order valence-corrected chi connectivity index (χ2v) is 11.7. The molecule has 0 unspecified atom stereocenters. The number of thiazole rings is 1. The number of amides is 2. The lowest BCUT2D eigenvalue weighted by Gasteiger charge is -2.56. The molecule has 7 heteroatoms. The lowest BCUT2D eigenvalue weighted by Crippen LogP contribution is -2.56. The fourth-order valence-corrected chi connectivity index (χ4v) is 8.49. The summed E-state index contributed by atoms with van der Waals surface area (Å²) in [5, 5.41) is 7.63. The summed E-state index contributed by atoms with van der Waals surface area (Å²) in [6, 6.07) is 3.69. The number of anilines is 1. The minimum absolute atomic E-state index is 0.0716. The molecule has 1 aliphatic heterocycles. The van der Waals surface area contributed by atoms with E-state index in [1.807, 2.05) is 27.8 Å². The fourth-order valence-electron chi connectivity index (χ4n) is 7.02. The predicted octanol–water partition coefficient (Wildman–Crippen LogP) is 5.02. The summed E-state index contributed by atoms with van der Waals surface area (Å²) >= 11 is 3.10. The first-order chi connectivity index (χ1) is 14.6. The maximum atomic E-state index is 13.8. The predicted molar refractivity (Wildman–Crippen MR) is 119 cm³/mol. The molecule has 2 aromatic rings. The lowest BCUT2D eigenvalue weighted by atomic mass is 9.49. The molecule has 30 heavy (non-hydrogen) atoms. The average molecular weight is 442 g/mol. The van der Waals surface area contributed by atoms with Crippen molar-refractivity contribution >= 4 is 39.6 Å². The number of thiophene rings is 1. The van der Waals surface area contributed by atoms with E-state index in [0.717, 1.165) is 67.0 Å². The number of aromatic nitrogens is 1. The first-order valence-corrected chi connectivity index (χ1v) is 13.0. The summed E-state index contributed by atoms with van der Waals surface area (Å²) in [4.78, 5) is 34.5. The number of hydrogen-bond acceptors (Lipinski definition) is 5. The molecule has 3 heterocycles. The molecule has 0 spiro atoms. The Morgan fingerprint density at radius 1 is 1.10 bits per heavy atom. The number of rotatable bonds is 4. The van der Waals surface area contributed by atoms with Crippen LogP contribution in [0.5, 0.6) is 0 Å². The van der Waals surface area contributed by atoms with Crippen molar-refractivity contribution in [1.82, 2.24) is 9.88 Å². The van der Waals surface area contributed by atoms with Crippen LogP contribution in [0.3, 0.4) is 0 Å². The van der Waals surface area contributed by atoms with Crippen LogP contribution in [0.25, 0.3) is 10.6 Å².